The van der Waals surface area contributed by atoms with Gasteiger partial charge in [-0.05, 0) is 38.5 Å². The van der Waals surface area contributed by atoms with E-state index in [4.69, 9.17) is 23.2 Å². The van der Waals surface area contributed by atoms with Gasteiger partial charge in [-0.2, -0.15) is 0 Å². The van der Waals surface area contributed by atoms with Crippen molar-refractivity contribution >= 4 is 29.0 Å². The Hall–Kier alpha value is -1.25. The zero-order chi connectivity index (χ0) is 14.9. The highest BCUT2D eigenvalue weighted by atomic mass is 35.5. The summed E-state index contributed by atoms with van der Waals surface area (Å²) in [5.74, 6) is -0.0369. The SMILES string of the molecule is Cc1cc(C(=O)C(C)Cl)c(C)n1Cc1ccccc1Cl. The van der Waals surface area contributed by atoms with Gasteiger partial charge in [0.25, 0.3) is 0 Å². The highest BCUT2D eigenvalue weighted by molar-refractivity contribution is 6.33. The van der Waals surface area contributed by atoms with Crippen molar-refractivity contribution in [1.82, 2.24) is 4.57 Å². The maximum Gasteiger partial charge on any atom is 0.182 e. The van der Waals surface area contributed by atoms with E-state index in [2.05, 4.69) is 4.57 Å². The summed E-state index contributed by atoms with van der Waals surface area (Å²) in [7, 11) is 0. The molecule has 0 amide bonds. The van der Waals surface area contributed by atoms with Crippen LogP contribution >= 0.6 is 23.2 Å². The summed E-state index contributed by atoms with van der Waals surface area (Å²) in [5, 5.41) is 0.225. The number of hydrogen-bond donors (Lipinski definition) is 0. The standard InChI is InChI=1S/C16H17Cl2NO/c1-10-8-14(16(20)11(2)17)12(3)19(10)9-13-6-4-5-7-15(13)18/h4-8,11H,9H2,1-3H3. The Morgan fingerprint density at radius 2 is 1.95 bits per heavy atom. The molecule has 1 aromatic carbocycles. The Balaban J connectivity index is 2.39. The van der Waals surface area contributed by atoms with E-state index in [0.717, 1.165) is 22.0 Å². The first-order valence-electron chi connectivity index (χ1n) is 6.50. The van der Waals surface area contributed by atoms with Crippen LogP contribution in [0.2, 0.25) is 5.02 Å². The summed E-state index contributed by atoms with van der Waals surface area (Å²) in [6.07, 6.45) is 0. The first kappa shape index (κ1) is 15.1. The zero-order valence-electron chi connectivity index (χ0n) is 11.8. The molecule has 0 aliphatic carbocycles. The number of aryl methyl sites for hydroxylation is 1. The maximum absolute atomic E-state index is 12.1. The minimum Gasteiger partial charge on any atom is -0.344 e. The fourth-order valence-electron chi connectivity index (χ4n) is 2.31. The molecule has 0 bridgehead atoms. The Labute approximate surface area is 129 Å². The first-order chi connectivity index (χ1) is 9.41. The van der Waals surface area contributed by atoms with Crippen LogP contribution in [0.5, 0.6) is 0 Å². The second kappa shape index (κ2) is 6.02. The molecule has 0 N–H and O–H groups in total. The molecule has 0 saturated carbocycles. The molecule has 0 fully saturated rings. The van der Waals surface area contributed by atoms with Crippen molar-refractivity contribution in [2.45, 2.75) is 32.7 Å². The average molecular weight is 310 g/mol. The summed E-state index contributed by atoms with van der Waals surface area (Å²) >= 11 is 12.1. The highest BCUT2D eigenvalue weighted by Crippen LogP contribution is 2.22. The Bertz CT molecular complexity index is 644. The third-order valence-electron chi connectivity index (χ3n) is 3.49. The lowest BCUT2D eigenvalue weighted by Crippen LogP contribution is -2.12. The molecule has 0 saturated heterocycles. The van der Waals surface area contributed by atoms with Gasteiger partial charge in [0.2, 0.25) is 0 Å². The molecule has 1 unspecified atom stereocenters. The van der Waals surface area contributed by atoms with Gasteiger partial charge in [0.05, 0.1) is 5.38 Å². The summed E-state index contributed by atoms with van der Waals surface area (Å²) < 4.78 is 2.09. The van der Waals surface area contributed by atoms with Crippen molar-refractivity contribution in [3.8, 4) is 0 Å². The fourth-order valence-corrected chi connectivity index (χ4v) is 2.62. The number of rotatable bonds is 4. The van der Waals surface area contributed by atoms with E-state index in [1.54, 1.807) is 6.92 Å². The van der Waals surface area contributed by atoms with Crippen LogP contribution in [0.3, 0.4) is 0 Å². The van der Waals surface area contributed by atoms with Crippen molar-refractivity contribution < 1.29 is 4.79 Å². The Morgan fingerprint density at radius 3 is 2.55 bits per heavy atom. The normalized spacial score (nSPS) is 12.4. The van der Waals surface area contributed by atoms with E-state index in [9.17, 15) is 4.79 Å². The summed E-state index contributed by atoms with van der Waals surface area (Å²) in [6, 6.07) is 9.63. The second-order valence-electron chi connectivity index (χ2n) is 4.94. The molecule has 1 aromatic heterocycles. The number of alkyl halides is 1. The van der Waals surface area contributed by atoms with E-state index in [1.165, 1.54) is 0 Å². The first-order valence-corrected chi connectivity index (χ1v) is 7.31. The van der Waals surface area contributed by atoms with Gasteiger partial charge in [-0.25, -0.2) is 0 Å². The minimum atomic E-state index is -0.510. The van der Waals surface area contributed by atoms with E-state index < -0.39 is 5.38 Å². The van der Waals surface area contributed by atoms with Crippen molar-refractivity contribution in [3.63, 3.8) is 0 Å². The Morgan fingerprint density at radius 1 is 1.30 bits per heavy atom. The molecule has 4 heteroatoms. The number of benzene rings is 1. The molecule has 106 valence electrons. The van der Waals surface area contributed by atoms with Gasteiger partial charge >= 0.3 is 0 Å². The molecule has 0 radical (unpaired) electrons. The molecular weight excluding hydrogens is 293 g/mol. The van der Waals surface area contributed by atoms with E-state index in [1.807, 2.05) is 44.2 Å². The van der Waals surface area contributed by atoms with Gasteiger partial charge < -0.3 is 4.57 Å². The molecule has 0 aliphatic heterocycles. The number of Topliss-reactive ketones (excluding diaryl/α,β-unsaturated/α-hetero) is 1. The summed E-state index contributed by atoms with van der Waals surface area (Å²) in [6.45, 7) is 6.28. The highest BCUT2D eigenvalue weighted by Gasteiger charge is 2.19. The van der Waals surface area contributed by atoms with Gasteiger partial charge in [-0.15, -0.1) is 11.6 Å². The maximum atomic E-state index is 12.1. The molecule has 0 spiro atoms. The molecule has 1 heterocycles. The number of halogens is 2. The lowest BCUT2D eigenvalue weighted by Gasteiger charge is -2.11. The van der Waals surface area contributed by atoms with Gasteiger partial charge in [0.1, 0.15) is 0 Å². The van der Waals surface area contributed by atoms with E-state index in [0.29, 0.717) is 12.1 Å². The zero-order valence-corrected chi connectivity index (χ0v) is 13.3. The third kappa shape index (κ3) is 2.92. The monoisotopic (exact) mass is 309 g/mol. The number of nitrogens with zero attached hydrogens (tertiary/aromatic N) is 1. The largest absolute Gasteiger partial charge is 0.344 e. The van der Waals surface area contributed by atoms with Crippen LogP contribution in [-0.2, 0) is 6.54 Å². The topological polar surface area (TPSA) is 22.0 Å². The minimum absolute atomic E-state index is 0.0369. The number of ketones is 1. The molecule has 20 heavy (non-hydrogen) atoms. The van der Waals surface area contributed by atoms with E-state index >= 15 is 0 Å². The Kier molecular flexibility index (Phi) is 4.56. The van der Waals surface area contributed by atoms with Gasteiger partial charge in [0.15, 0.2) is 5.78 Å². The van der Waals surface area contributed by atoms with Crippen LogP contribution in [0.4, 0.5) is 0 Å². The van der Waals surface area contributed by atoms with Crippen LogP contribution in [-0.4, -0.2) is 15.7 Å². The number of aromatic nitrogens is 1. The fraction of sp³-hybridized carbons (Fsp3) is 0.312. The number of carbonyl (C=O) groups excluding carboxylic acids is 1. The van der Waals surface area contributed by atoms with Crippen LogP contribution in [0, 0.1) is 13.8 Å². The van der Waals surface area contributed by atoms with Crippen molar-refractivity contribution in [3.05, 3.63) is 57.9 Å². The quantitative estimate of drug-likeness (QED) is 0.597. The lowest BCUT2D eigenvalue weighted by molar-refractivity contribution is 0.0991. The van der Waals surface area contributed by atoms with Crippen molar-refractivity contribution in [2.24, 2.45) is 0 Å². The van der Waals surface area contributed by atoms with Crippen LogP contribution < -0.4 is 0 Å². The van der Waals surface area contributed by atoms with E-state index in [-0.39, 0.29) is 5.78 Å². The molecule has 2 aromatic rings. The summed E-state index contributed by atoms with van der Waals surface area (Å²) in [5.41, 5.74) is 3.69. The van der Waals surface area contributed by atoms with Crippen LogP contribution in [0.25, 0.3) is 0 Å². The molecule has 1 atom stereocenters. The molecule has 2 nitrogen and oxygen atoms in total. The molecule has 2 rings (SSSR count). The predicted octanol–water partition coefficient (Wildman–Crippen LogP) is 4.62. The molecular formula is C16H17Cl2NO. The summed E-state index contributed by atoms with van der Waals surface area (Å²) in [4.78, 5) is 12.1. The van der Waals surface area contributed by atoms with Crippen LogP contribution in [0.15, 0.2) is 30.3 Å². The smallest absolute Gasteiger partial charge is 0.182 e. The average Bonchev–Trinajstić information content (AvgIpc) is 2.68. The van der Waals surface area contributed by atoms with Crippen molar-refractivity contribution in [1.29, 1.82) is 0 Å². The number of carbonyl (C=O) groups is 1. The van der Waals surface area contributed by atoms with Crippen molar-refractivity contribution in [2.75, 3.05) is 0 Å². The molecule has 0 aliphatic rings. The van der Waals surface area contributed by atoms with Gasteiger partial charge in [0, 0.05) is 28.5 Å². The number of hydrogen-bond acceptors (Lipinski definition) is 1. The van der Waals surface area contributed by atoms with Crippen LogP contribution in [0.1, 0.15) is 34.2 Å². The predicted molar refractivity (Wildman–Crippen MR) is 84.1 cm³/mol. The van der Waals surface area contributed by atoms with Gasteiger partial charge in [-0.3, -0.25) is 4.79 Å². The van der Waals surface area contributed by atoms with Gasteiger partial charge in [-0.1, -0.05) is 29.8 Å². The lowest BCUT2D eigenvalue weighted by atomic mass is 10.1. The third-order valence-corrected chi connectivity index (χ3v) is 4.05. The second-order valence-corrected chi connectivity index (χ2v) is 6.00.